The number of hydrogen-bond donors (Lipinski definition) is 0. The molecule has 3 heterocycles. The van der Waals surface area contributed by atoms with E-state index in [2.05, 4.69) is 252 Å². The van der Waals surface area contributed by atoms with E-state index in [1.165, 1.54) is 109 Å². The summed E-state index contributed by atoms with van der Waals surface area (Å²) in [5.74, 6) is 2.40. The summed E-state index contributed by atoms with van der Waals surface area (Å²) in [6, 6.07) is 62.9. The number of pyridine rings is 1. The molecule has 0 spiro atoms. The number of nitrogens with zero attached hydrogens (tertiary/aromatic N) is 4. The average Bonchev–Trinajstić information content (AvgIpc) is 3.99. The lowest BCUT2D eigenvalue weighted by molar-refractivity contribution is -0.571. The highest BCUT2D eigenvalue weighted by molar-refractivity contribution is 6.09. The number of aromatic nitrogens is 4. The Hall–Kier alpha value is -7.24. The van der Waals surface area contributed by atoms with Gasteiger partial charge in [0.25, 0.3) is 6.33 Å². The maximum absolute atomic E-state index is 6.89. The Bertz CT molecular complexity index is 3720. The van der Waals surface area contributed by atoms with Crippen LogP contribution in [0.4, 0.5) is 0 Å². The minimum atomic E-state index is -0.0187. The van der Waals surface area contributed by atoms with Crippen LogP contribution in [0, 0.1) is 17.2 Å². The number of fused-ring (bicyclic) bond motifs is 4. The van der Waals surface area contributed by atoms with Crippen LogP contribution in [0.25, 0.3) is 72.3 Å². The number of hydrogen-bond acceptors (Lipinski definition) is 2. The molecular weight excluding hydrogens is 937 g/mol. The van der Waals surface area contributed by atoms with Gasteiger partial charge in [0.15, 0.2) is 0 Å². The molecule has 2 aliphatic carbocycles. The fraction of sp³-hybridized carbons (Fsp3) is 0.333. The fourth-order valence-corrected chi connectivity index (χ4v) is 14.0. The van der Waals surface area contributed by atoms with Crippen molar-refractivity contribution in [3.05, 3.63) is 199 Å². The molecule has 10 aromatic rings. The number of imidazole rings is 1. The largest absolute Gasteiger partial charge is 0.458 e. The van der Waals surface area contributed by atoms with Crippen LogP contribution in [0.3, 0.4) is 0 Å². The van der Waals surface area contributed by atoms with E-state index in [1.807, 2.05) is 6.20 Å². The van der Waals surface area contributed by atoms with E-state index in [4.69, 9.17) is 9.72 Å². The van der Waals surface area contributed by atoms with Crippen molar-refractivity contribution in [3.8, 4) is 50.9 Å². The molecule has 390 valence electrons. The van der Waals surface area contributed by atoms with Crippen molar-refractivity contribution in [2.45, 2.75) is 143 Å². The van der Waals surface area contributed by atoms with Gasteiger partial charge in [0.2, 0.25) is 0 Å². The number of ether oxygens (including phenoxy) is 1. The molecule has 0 saturated heterocycles. The Kier molecular flexibility index (Phi) is 12.7. The molecule has 5 heteroatoms. The van der Waals surface area contributed by atoms with Crippen molar-refractivity contribution in [1.29, 1.82) is 0 Å². The Morgan fingerprint density at radius 3 is 1.68 bits per heavy atom. The predicted molar refractivity (Wildman–Crippen MR) is 320 cm³/mol. The van der Waals surface area contributed by atoms with Crippen LogP contribution in [0.2, 0.25) is 0 Å². The SMILES string of the molecule is CC(C)(C)c1ccnc(-n2c3ccccc3c3ccc(Oc4cccc(-n5[c-][n+](-c6c(-c7cccc(C8(C(C)(C)C)CCCCC8)c7)cccc6-c6cccc(C7(C(C)(C)C)CCCCC7)c6)c6ccccc65)c4)cc32)c1. The van der Waals surface area contributed by atoms with Gasteiger partial charge in [-0.05, 0) is 129 Å². The average molecular weight is 1010 g/mol. The molecule has 0 amide bonds. The van der Waals surface area contributed by atoms with Crippen LogP contribution in [0.5, 0.6) is 11.5 Å². The third-order valence-electron chi connectivity index (χ3n) is 18.4. The van der Waals surface area contributed by atoms with Crippen molar-refractivity contribution < 1.29 is 9.30 Å². The molecule has 2 saturated carbocycles. The monoisotopic (exact) mass is 1010 g/mol. The van der Waals surface area contributed by atoms with E-state index in [1.54, 1.807) is 0 Å². The predicted octanol–water partition coefficient (Wildman–Crippen LogP) is 19.1. The molecule has 0 aliphatic heterocycles. The van der Waals surface area contributed by atoms with Gasteiger partial charge in [0.05, 0.1) is 33.4 Å². The maximum Gasteiger partial charge on any atom is 0.269 e. The molecule has 0 N–H and O–H groups in total. The number of benzene rings is 7. The van der Waals surface area contributed by atoms with Crippen LogP contribution in [0.15, 0.2) is 176 Å². The van der Waals surface area contributed by atoms with Crippen LogP contribution in [-0.2, 0) is 16.2 Å². The van der Waals surface area contributed by atoms with E-state index < -0.39 is 0 Å². The summed E-state index contributed by atoms with van der Waals surface area (Å²) in [6.45, 7) is 21.5. The first kappa shape index (κ1) is 50.6. The van der Waals surface area contributed by atoms with Gasteiger partial charge in [0.1, 0.15) is 17.3 Å². The molecule has 2 aliphatic rings. The van der Waals surface area contributed by atoms with Gasteiger partial charge >= 0.3 is 0 Å². The first-order valence-electron chi connectivity index (χ1n) is 28.6. The van der Waals surface area contributed by atoms with E-state index in [-0.39, 0.29) is 27.1 Å². The summed E-state index contributed by atoms with van der Waals surface area (Å²) in [7, 11) is 0. The van der Waals surface area contributed by atoms with Crippen molar-refractivity contribution in [2.75, 3.05) is 0 Å². The smallest absolute Gasteiger partial charge is 0.269 e. The molecule has 2 fully saturated rings. The Balaban J connectivity index is 1.00. The number of para-hydroxylation sites is 4. The lowest BCUT2D eigenvalue weighted by Gasteiger charge is -2.48. The molecule has 0 unspecified atom stereocenters. The van der Waals surface area contributed by atoms with Crippen LogP contribution >= 0.6 is 0 Å². The molecule has 3 aromatic heterocycles. The van der Waals surface area contributed by atoms with Crippen molar-refractivity contribution in [1.82, 2.24) is 14.1 Å². The third kappa shape index (κ3) is 8.88. The minimum absolute atomic E-state index is 0.0187. The second-order valence-corrected chi connectivity index (χ2v) is 25.7. The third-order valence-corrected chi connectivity index (χ3v) is 18.4. The molecule has 7 aromatic carbocycles. The molecule has 77 heavy (non-hydrogen) atoms. The summed E-state index contributed by atoms with van der Waals surface area (Å²) in [4.78, 5) is 4.93. The molecule has 0 radical (unpaired) electrons. The zero-order valence-electron chi connectivity index (χ0n) is 47.0. The van der Waals surface area contributed by atoms with Gasteiger partial charge in [-0.15, -0.1) is 0 Å². The summed E-state index contributed by atoms with van der Waals surface area (Å²) < 4.78 is 13.7. The minimum Gasteiger partial charge on any atom is -0.458 e. The summed E-state index contributed by atoms with van der Waals surface area (Å²) in [6.07, 6.45) is 18.5. The van der Waals surface area contributed by atoms with Crippen LogP contribution < -0.4 is 9.30 Å². The Morgan fingerprint density at radius 1 is 0.494 bits per heavy atom. The highest BCUT2D eigenvalue weighted by Gasteiger charge is 2.45. The van der Waals surface area contributed by atoms with Crippen molar-refractivity contribution in [3.63, 3.8) is 0 Å². The Labute approximate surface area is 457 Å². The maximum atomic E-state index is 6.89. The van der Waals surface area contributed by atoms with Gasteiger partial charge in [-0.25, -0.2) is 4.98 Å². The second-order valence-electron chi connectivity index (χ2n) is 25.7. The van der Waals surface area contributed by atoms with Crippen LogP contribution in [0.1, 0.15) is 143 Å². The second kappa shape index (κ2) is 19.3. The Morgan fingerprint density at radius 2 is 1.05 bits per heavy atom. The standard InChI is InChI=1S/C72H76N4O/c1-68(2,3)52-38-43-73-66(46-52)76-62-33-13-12-30-60(62)61-37-36-57(48-65(61)76)77-56-29-22-28-55(47-56)74-49-75(64-35-15-14-34-63(64)74)67-58(50-24-20-26-53(44-50)71(69(4,5)6)39-16-10-17-40-71)31-23-32-59(67)51-25-21-27-54(45-51)72(70(7,8)9)41-18-11-19-42-72/h12-15,20-38,43-48H,10-11,16-19,39-42H2,1-9H3. The molecular formula is C72H76N4O. The summed E-state index contributed by atoms with van der Waals surface area (Å²) in [5.41, 5.74) is 15.9. The first-order valence-corrected chi connectivity index (χ1v) is 28.6. The van der Waals surface area contributed by atoms with Gasteiger partial charge in [-0.3, -0.25) is 13.7 Å². The van der Waals surface area contributed by atoms with E-state index >= 15 is 0 Å². The van der Waals surface area contributed by atoms with E-state index in [0.29, 0.717) is 0 Å². The van der Waals surface area contributed by atoms with Crippen molar-refractivity contribution in [2.24, 2.45) is 10.8 Å². The lowest BCUT2D eigenvalue weighted by Crippen LogP contribution is -2.41. The van der Waals surface area contributed by atoms with E-state index in [9.17, 15) is 0 Å². The highest BCUT2D eigenvalue weighted by Crippen LogP contribution is 2.54. The van der Waals surface area contributed by atoms with Gasteiger partial charge in [-0.2, -0.15) is 0 Å². The zero-order chi connectivity index (χ0) is 53.3. The topological polar surface area (TPSA) is 35.9 Å². The number of rotatable bonds is 9. The molecule has 5 nitrogen and oxygen atoms in total. The molecule has 12 rings (SSSR count). The normalized spacial score (nSPS) is 16.1. The van der Waals surface area contributed by atoms with Gasteiger partial charge in [-0.1, -0.05) is 216 Å². The van der Waals surface area contributed by atoms with E-state index in [0.717, 1.165) is 56.1 Å². The van der Waals surface area contributed by atoms with Crippen LogP contribution in [-0.4, -0.2) is 14.1 Å². The summed E-state index contributed by atoms with van der Waals surface area (Å²) in [5, 5.41) is 2.34. The summed E-state index contributed by atoms with van der Waals surface area (Å²) >= 11 is 0. The fourth-order valence-electron chi connectivity index (χ4n) is 14.0. The molecule has 0 bridgehead atoms. The van der Waals surface area contributed by atoms with Gasteiger partial charge in [0, 0.05) is 33.9 Å². The first-order chi connectivity index (χ1) is 37.0. The quantitative estimate of drug-likeness (QED) is 0.107. The molecule has 0 atom stereocenters. The van der Waals surface area contributed by atoms with Gasteiger partial charge < -0.3 is 4.74 Å². The highest BCUT2D eigenvalue weighted by atomic mass is 16.5. The zero-order valence-corrected chi connectivity index (χ0v) is 47.0. The van der Waals surface area contributed by atoms with Crippen molar-refractivity contribution >= 4 is 32.8 Å². The lowest BCUT2D eigenvalue weighted by atomic mass is 9.56.